The number of aryl methyl sites for hydroxylation is 1. The van der Waals surface area contributed by atoms with Gasteiger partial charge in [0, 0.05) is 17.4 Å². The molecule has 0 bridgehead atoms. The maximum absolute atomic E-state index is 13.8. The van der Waals surface area contributed by atoms with E-state index in [-0.39, 0.29) is 29.3 Å². The molecule has 9 nitrogen and oxygen atoms in total. The van der Waals surface area contributed by atoms with Crippen LogP contribution in [0.1, 0.15) is 27.2 Å². The van der Waals surface area contributed by atoms with Crippen LogP contribution in [0.3, 0.4) is 0 Å². The monoisotopic (exact) mass is 541 g/mol. The zero-order chi connectivity index (χ0) is 27.3. The van der Waals surface area contributed by atoms with Gasteiger partial charge in [-0.3, -0.25) is 23.6 Å². The minimum absolute atomic E-state index is 0.0699. The molecule has 1 amide bonds. The quantitative estimate of drug-likeness (QED) is 0.363. The van der Waals surface area contributed by atoms with E-state index < -0.39 is 43.6 Å². The molecule has 14 heteroatoms. The summed E-state index contributed by atoms with van der Waals surface area (Å²) in [7, 11) is -4.94. The van der Waals surface area contributed by atoms with Crippen molar-refractivity contribution in [3.05, 3.63) is 87.1 Å². The number of anilines is 3. The minimum atomic E-state index is -4.94. The Hall–Kier alpha value is -3.51. The van der Waals surface area contributed by atoms with E-state index in [0.717, 1.165) is 33.7 Å². The number of nitrogens with zero attached hydrogens (tertiary/aromatic N) is 3. The Kier molecular flexibility index (Phi) is 6.76. The fraction of sp³-hybridized carbons (Fsp3) is 0.217. The second kappa shape index (κ2) is 9.42. The average molecular weight is 541 g/mol. The maximum atomic E-state index is 13.8. The van der Waals surface area contributed by atoms with Gasteiger partial charge in [0.2, 0.25) is 0 Å². The number of phosphoric acid groups is 1. The van der Waals surface area contributed by atoms with E-state index in [4.69, 9.17) is 9.79 Å². The van der Waals surface area contributed by atoms with Crippen LogP contribution >= 0.6 is 7.82 Å². The van der Waals surface area contributed by atoms with Gasteiger partial charge < -0.3 is 14.7 Å². The van der Waals surface area contributed by atoms with Crippen LogP contribution in [-0.2, 0) is 22.0 Å². The average Bonchev–Trinajstić information content (AvgIpc) is 2.79. The number of phosphoric ester groups is 1. The molecule has 1 aliphatic heterocycles. The Morgan fingerprint density at radius 3 is 2.22 bits per heavy atom. The van der Waals surface area contributed by atoms with Crippen molar-refractivity contribution < 1.29 is 41.2 Å². The van der Waals surface area contributed by atoms with Gasteiger partial charge >= 0.3 is 14.0 Å². The molecule has 1 aromatic heterocycles. The summed E-state index contributed by atoms with van der Waals surface area (Å²) in [5.41, 5.74) is -0.813. The van der Waals surface area contributed by atoms with Crippen molar-refractivity contribution in [2.75, 3.05) is 16.5 Å². The molecule has 0 aliphatic carbocycles. The highest BCUT2D eigenvalue weighted by Gasteiger charge is 2.37. The summed E-state index contributed by atoms with van der Waals surface area (Å²) < 4.78 is 70.7. The summed E-state index contributed by atoms with van der Waals surface area (Å²) in [5.74, 6) is -1.33. The smallest absolute Gasteiger partial charge is 0.322 e. The molecule has 2 aromatic carbocycles. The standard InChI is InChI=1S/C23H20F4N3O6P/c1-13-9-16(24)4-6-18(13)28-11-29(22(32)17-10-15(23(25,26)27)3-5-20(17)28)19-7-8-21(31)30(14(19)2)12-36-37(33,34)35/h3-10H,11-12H2,1-2H3,(H2,33,34,35). The molecular formula is C23H20F4N3O6P. The first-order valence-electron chi connectivity index (χ1n) is 10.6. The highest BCUT2D eigenvalue weighted by Crippen LogP contribution is 2.41. The molecule has 196 valence electrons. The minimum Gasteiger partial charge on any atom is -0.322 e. The first kappa shape index (κ1) is 26.6. The number of alkyl halides is 3. The second-order valence-corrected chi connectivity index (χ2v) is 9.52. The predicted molar refractivity (Wildman–Crippen MR) is 125 cm³/mol. The first-order valence-corrected chi connectivity index (χ1v) is 12.2. The van der Waals surface area contributed by atoms with Gasteiger partial charge in [-0.1, -0.05) is 0 Å². The predicted octanol–water partition coefficient (Wildman–Crippen LogP) is 4.45. The Bertz CT molecular complexity index is 1500. The molecule has 4 rings (SSSR count). The molecule has 2 N–H and O–H groups in total. The number of benzene rings is 2. The van der Waals surface area contributed by atoms with Crippen LogP contribution in [0.25, 0.3) is 0 Å². The van der Waals surface area contributed by atoms with Crippen molar-refractivity contribution in [1.29, 1.82) is 0 Å². The number of pyridine rings is 1. The van der Waals surface area contributed by atoms with Crippen LogP contribution in [0.2, 0.25) is 0 Å². The number of rotatable bonds is 5. The van der Waals surface area contributed by atoms with Gasteiger partial charge in [0.25, 0.3) is 11.5 Å². The van der Waals surface area contributed by atoms with Gasteiger partial charge in [-0.2, -0.15) is 13.2 Å². The van der Waals surface area contributed by atoms with E-state index in [1.54, 1.807) is 6.92 Å². The molecule has 2 heterocycles. The Morgan fingerprint density at radius 1 is 0.946 bits per heavy atom. The van der Waals surface area contributed by atoms with Gasteiger partial charge in [0.05, 0.1) is 22.5 Å². The molecule has 0 radical (unpaired) electrons. The fourth-order valence-corrected chi connectivity index (χ4v) is 4.37. The Morgan fingerprint density at radius 2 is 1.59 bits per heavy atom. The number of aromatic nitrogens is 1. The number of fused-ring (bicyclic) bond motifs is 1. The lowest BCUT2D eigenvalue weighted by molar-refractivity contribution is -0.137. The molecular weight excluding hydrogens is 521 g/mol. The van der Waals surface area contributed by atoms with Crippen molar-refractivity contribution in [2.24, 2.45) is 0 Å². The normalized spacial score (nSPS) is 14.2. The maximum Gasteiger partial charge on any atom is 0.471 e. The summed E-state index contributed by atoms with van der Waals surface area (Å²) in [6.07, 6.45) is -4.72. The van der Waals surface area contributed by atoms with Crippen molar-refractivity contribution in [1.82, 2.24) is 4.57 Å². The zero-order valence-corrected chi connectivity index (χ0v) is 20.3. The summed E-state index contributed by atoms with van der Waals surface area (Å²) in [6, 6.07) is 8.89. The topological polar surface area (TPSA) is 112 Å². The van der Waals surface area contributed by atoms with E-state index in [1.165, 1.54) is 36.1 Å². The van der Waals surface area contributed by atoms with Gasteiger partial charge in [0.1, 0.15) is 19.2 Å². The van der Waals surface area contributed by atoms with Crippen LogP contribution in [0, 0.1) is 19.7 Å². The van der Waals surface area contributed by atoms with Crippen molar-refractivity contribution in [3.63, 3.8) is 0 Å². The number of amides is 1. The van der Waals surface area contributed by atoms with Crippen LogP contribution in [0.4, 0.5) is 34.6 Å². The van der Waals surface area contributed by atoms with Crippen LogP contribution in [-0.4, -0.2) is 26.9 Å². The number of carbonyl (C=O) groups excluding carboxylic acids is 1. The largest absolute Gasteiger partial charge is 0.471 e. The zero-order valence-electron chi connectivity index (χ0n) is 19.4. The third-order valence-electron chi connectivity index (χ3n) is 5.89. The van der Waals surface area contributed by atoms with E-state index in [2.05, 4.69) is 4.52 Å². The molecule has 0 unspecified atom stereocenters. The summed E-state index contributed by atoms with van der Waals surface area (Å²) in [4.78, 5) is 46.5. The van der Waals surface area contributed by atoms with Crippen molar-refractivity contribution in [3.8, 4) is 0 Å². The molecule has 0 spiro atoms. The molecule has 3 aromatic rings. The number of hydrogen-bond donors (Lipinski definition) is 2. The van der Waals surface area contributed by atoms with Gasteiger partial charge in [-0.25, -0.2) is 8.96 Å². The van der Waals surface area contributed by atoms with E-state index in [0.29, 0.717) is 11.3 Å². The lowest BCUT2D eigenvalue weighted by atomic mass is 10.0. The Labute approximate surface area is 207 Å². The lowest BCUT2D eigenvalue weighted by Gasteiger charge is -2.39. The first-order chi connectivity index (χ1) is 17.2. The third kappa shape index (κ3) is 5.30. The van der Waals surface area contributed by atoms with Crippen molar-refractivity contribution >= 4 is 30.8 Å². The van der Waals surface area contributed by atoms with Gasteiger partial charge in [-0.05, 0) is 61.9 Å². The molecule has 1 aliphatic rings. The summed E-state index contributed by atoms with van der Waals surface area (Å²) >= 11 is 0. The SMILES string of the molecule is Cc1cc(F)ccc1N1CN(c2ccc(=O)n(COP(=O)(O)O)c2C)C(=O)c2cc(C(F)(F)F)ccc21. The van der Waals surface area contributed by atoms with E-state index in [1.807, 2.05) is 0 Å². The van der Waals surface area contributed by atoms with Crippen LogP contribution < -0.4 is 15.4 Å². The Balaban J connectivity index is 1.88. The molecule has 0 fully saturated rings. The number of carbonyl (C=O) groups is 1. The van der Waals surface area contributed by atoms with E-state index in [9.17, 15) is 31.7 Å². The second-order valence-electron chi connectivity index (χ2n) is 8.28. The van der Waals surface area contributed by atoms with Gasteiger partial charge in [0.15, 0.2) is 0 Å². The van der Waals surface area contributed by atoms with Crippen molar-refractivity contribution in [2.45, 2.75) is 26.8 Å². The molecule has 0 atom stereocenters. The summed E-state index contributed by atoms with van der Waals surface area (Å²) in [6.45, 7) is 1.94. The van der Waals surface area contributed by atoms with Crippen LogP contribution in [0.15, 0.2) is 53.3 Å². The lowest BCUT2D eigenvalue weighted by Crippen LogP contribution is -2.46. The number of hydrogen-bond acceptors (Lipinski definition) is 5. The third-order valence-corrected chi connectivity index (χ3v) is 6.35. The molecule has 0 saturated carbocycles. The van der Waals surface area contributed by atoms with Crippen LogP contribution in [0.5, 0.6) is 0 Å². The van der Waals surface area contributed by atoms with Gasteiger partial charge in [-0.15, -0.1) is 0 Å². The molecule has 37 heavy (non-hydrogen) atoms. The van der Waals surface area contributed by atoms with E-state index >= 15 is 0 Å². The highest BCUT2D eigenvalue weighted by molar-refractivity contribution is 7.46. The fourth-order valence-electron chi connectivity index (χ4n) is 4.10. The molecule has 0 saturated heterocycles. The number of halogens is 4. The summed E-state index contributed by atoms with van der Waals surface area (Å²) in [5, 5.41) is 0. The highest BCUT2D eigenvalue weighted by atomic mass is 31.2.